The van der Waals surface area contributed by atoms with Gasteiger partial charge in [0.1, 0.15) is 11.8 Å². The predicted molar refractivity (Wildman–Crippen MR) is 50.3 cm³/mol. The molecular formula is C6H7N5O3S. The SMILES string of the molecule is CS(=O)(=O)Nc1nc(C#N)c(C(N)=O)[nH]1. The van der Waals surface area contributed by atoms with Gasteiger partial charge in [-0.25, -0.2) is 13.4 Å². The van der Waals surface area contributed by atoms with E-state index in [0.29, 0.717) is 0 Å². The fraction of sp³-hybridized carbons (Fsp3) is 0.167. The molecule has 0 fully saturated rings. The van der Waals surface area contributed by atoms with Gasteiger partial charge < -0.3 is 10.7 Å². The predicted octanol–water partition coefficient (Wildman–Crippen LogP) is -1.25. The Labute approximate surface area is 85.2 Å². The molecule has 1 amide bonds. The molecule has 0 bridgehead atoms. The summed E-state index contributed by atoms with van der Waals surface area (Å²) >= 11 is 0. The first-order valence-electron chi connectivity index (χ1n) is 3.61. The van der Waals surface area contributed by atoms with Crippen LogP contribution in [0.1, 0.15) is 16.2 Å². The standard InChI is InChI=1S/C6H7N5O3S/c1-15(13,14)11-6-9-3(2-7)4(10-6)5(8)12/h1H3,(H2,8,12)(H2,9,10,11). The van der Waals surface area contributed by atoms with Gasteiger partial charge in [-0.15, -0.1) is 0 Å². The smallest absolute Gasteiger partial charge is 0.268 e. The van der Waals surface area contributed by atoms with Crippen LogP contribution in [0.5, 0.6) is 0 Å². The number of anilines is 1. The van der Waals surface area contributed by atoms with Crippen molar-refractivity contribution < 1.29 is 13.2 Å². The number of hydrogen-bond donors (Lipinski definition) is 3. The van der Waals surface area contributed by atoms with E-state index in [1.54, 1.807) is 6.07 Å². The van der Waals surface area contributed by atoms with E-state index in [2.05, 4.69) is 9.97 Å². The molecule has 0 saturated heterocycles. The second-order valence-corrected chi connectivity index (χ2v) is 4.41. The van der Waals surface area contributed by atoms with Gasteiger partial charge in [-0.2, -0.15) is 5.26 Å². The van der Waals surface area contributed by atoms with E-state index in [-0.39, 0.29) is 17.3 Å². The number of carbonyl (C=O) groups excluding carboxylic acids is 1. The molecule has 9 heteroatoms. The van der Waals surface area contributed by atoms with E-state index >= 15 is 0 Å². The van der Waals surface area contributed by atoms with Crippen molar-refractivity contribution in [2.45, 2.75) is 0 Å². The van der Waals surface area contributed by atoms with Gasteiger partial charge in [-0.3, -0.25) is 9.52 Å². The molecule has 0 radical (unpaired) electrons. The highest BCUT2D eigenvalue weighted by molar-refractivity contribution is 7.91. The van der Waals surface area contributed by atoms with Gasteiger partial charge in [0.05, 0.1) is 6.26 Å². The number of imidazole rings is 1. The molecule has 1 aromatic heterocycles. The first kappa shape index (κ1) is 11.0. The largest absolute Gasteiger partial charge is 0.364 e. The number of H-pyrrole nitrogens is 1. The summed E-state index contributed by atoms with van der Waals surface area (Å²) in [6.45, 7) is 0. The lowest BCUT2D eigenvalue weighted by molar-refractivity contribution is 0.0996. The molecule has 0 aromatic carbocycles. The summed E-state index contributed by atoms with van der Waals surface area (Å²) in [5.74, 6) is -1.11. The highest BCUT2D eigenvalue weighted by Gasteiger charge is 2.15. The third-order valence-electron chi connectivity index (χ3n) is 1.34. The van der Waals surface area contributed by atoms with Crippen molar-refractivity contribution in [2.75, 3.05) is 11.0 Å². The Morgan fingerprint density at radius 3 is 2.60 bits per heavy atom. The van der Waals surface area contributed by atoms with E-state index in [4.69, 9.17) is 11.0 Å². The van der Waals surface area contributed by atoms with Crippen LogP contribution in [0.25, 0.3) is 0 Å². The molecule has 4 N–H and O–H groups in total. The van der Waals surface area contributed by atoms with Crippen LogP contribution in [-0.4, -0.2) is 30.5 Å². The van der Waals surface area contributed by atoms with Crippen LogP contribution in [0.4, 0.5) is 5.95 Å². The monoisotopic (exact) mass is 229 g/mol. The van der Waals surface area contributed by atoms with Crippen LogP contribution in [-0.2, 0) is 10.0 Å². The van der Waals surface area contributed by atoms with Gasteiger partial charge in [-0.05, 0) is 0 Å². The van der Waals surface area contributed by atoms with Crippen LogP contribution >= 0.6 is 0 Å². The number of hydrogen-bond acceptors (Lipinski definition) is 5. The maximum Gasteiger partial charge on any atom is 0.268 e. The van der Waals surface area contributed by atoms with Crippen LogP contribution in [0.15, 0.2) is 0 Å². The summed E-state index contributed by atoms with van der Waals surface area (Å²) in [6.07, 6.45) is 0.908. The van der Waals surface area contributed by atoms with Crippen molar-refractivity contribution in [1.82, 2.24) is 9.97 Å². The number of nitrogens with one attached hydrogen (secondary N) is 2. The molecule has 8 nitrogen and oxygen atoms in total. The number of rotatable bonds is 3. The van der Waals surface area contributed by atoms with Crippen LogP contribution in [0, 0.1) is 11.3 Å². The topological polar surface area (TPSA) is 142 Å². The number of carbonyl (C=O) groups is 1. The minimum atomic E-state index is -3.52. The van der Waals surface area contributed by atoms with Crippen molar-refractivity contribution in [3.8, 4) is 6.07 Å². The fourth-order valence-corrected chi connectivity index (χ4v) is 1.30. The molecule has 0 aliphatic heterocycles. The Balaban J connectivity index is 3.16. The van der Waals surface area contributed by atoms with Gasteiger partial charge in [0.25, 0.3) is 5.91 Å². The summed E-state index contributed by atoms with van der Waals surface area (Å²) < 4.78 is 23.6. The number of aromatic nitrogens is 2. The van der Waals surface area contributed by atoms with Crippen LogP contribution in [0.2, 0.25) is 0 Å². The first-order valence-corrected chi connectivity index (χ1v) is 5.50. The molecule has 1 heterocycles. The Bertz CT molecular complexity index is 538. The number of nitrogens with two attached hydrogens (primary N) is 1. The third kappa shape index (κ3) is 2.68. The van der Waals surface area contributed by atoms with Crippen molar-refractivity contribution in [1.29, 1.82) is 5.26 Å². The average molecular weight is 229 g/mol. The van der Waals surface area contributed by atoms with Gasteiger partial charge in [0.15, 0.2) is 5.69 Å². The van der Waals surface area contributed by atoms with Crippen molar-refractivity contribution >= 4 is 21.9 Å². The Morgan fingerprint density at radius 2 is 2.27 bits per heavy atom. The van der Waals surface area contributed by atoms with Crippen LogP contribution in [0.3, 0.4) is 0 Å². The summed E-state index contributed by atoms with van der Waals surface area (Å²) in [4.78, 5) is 16.6. The maximum absolute atomic E-state index is 10.8. The number of nitrogens with zero attached hydrogens (tertiary/aromatic N) is 2. The highest BCUT2D eigenvalue weighted by atomic mass is 32.2. The second kappa shape index (κ2) is 3.58. The van der Waals surface area contributed by atoms with Crippen LogP contribution < -0.4 is 10.5 Å². The first-order chi connectivity index (χ1) is 6.83. The van der Waals surface area contributed by atoms with Gasteiger partial charge in [0, 0.05) is 0 Å². The third-order valence-corrected chi connectivity index (χ3v) is 1.90. The number of aromatic amines is 1. The zero-order valence-corrected chi connectivity index (χ0v) is 8.42. The van der Waals surface area contributed by atoms with E-state index in [9.17, 15) is 13.2 Å². The average Bonchev–Trinajstić information content (AvgIpc) is 2.44. The lowest BCUT2D eigenvalue weighted by Gasteiger charge is -1.96. The molecule has 0 aliphatic carbocycles. The Hall–Kier alpha value is -2.08. The zero-order chi connectivity index (χ0) is 11.6. The summed E-state index contributed by atoms with van der Waals surface area (Å²) in [5, 5.41) is 8.56. The van der Waals surface area contributed by atoms with Crippen molar-refractivity contribution in [2.24, 2.45) is 5.73 Å². The molecule has 0 aliphatic rings. The second-order valence-electron chi connectivity index (χ2n) is 2.66. The Kier molecular flexibility index (Phi) is 2.63. The number of nitriles is 1. The van der Waals surface area contributed by atoms with E-state index < -0.39 is 15.9 Å². The molecular weight excluding hydrogens is 222 g/mol. The van der Waals surface area contributed by atoms with E-state index in [1.807, 2.05) is 4.72 Å². The van der Waals surface area contributed by atoms with E-state index in [0.717, 1.165) is 6.26 Å². The molecule has 0 spiro atoms. The van der Waals surface area contributed by atoms with Crippen molar-refractivity contribution in [3.63, 3.8) is 0 Å². The maximum atomic E-state index is 10.8. The molecule has 0 atom stereocenters. The van der Waals surface area contributed by atoms with Gasteiger partial charge in [0.2, 0.25) is 16.0 Å². The number of amides is 1. The summed E-state index contributed by atoms with van der Waals surface area (Å²) in [6, 6.07) is 1.61. The summed E-state index contributed by atoms with van der Waals surface area (Å²) in [5.41, 5.74) is 4.44. The zero-order valence-electron chi connectivity index (χ0n) is 7.60. The molecule has 80 valence electrons. The Morgan fingerprint density at radius 1 is 1.67 bits per heavy atom. The van der Waals surface area contributed by atoms with Crippen molar-refractivity contribution in [3.05, 3.63) is 11.4 Å². The van der Waals surface area contributed by atoms with E-state index in [1.165, 1.54) is 0 Å². The number of sulfonamides is 1. The fourth-order valence-electron chi connectivity index (χ4n) is 0.856. The molecule has 15 heavy (non-hydrogen) atoms. The summed E-state index contributed by atoms with van der Waals surface area (Å²) in [7, 11) is -3.52. The van der Waals surface area contributed by atoms with Gasteiger partial charge >= 0.3 is 0 Å². The molecule has 0 unspecified atom stereocenters. The minimum Gasteiger partial charge on any atom is -0.364 e. The lowest BCUT2D eigenvalue weighted by atomic mass is 10.3. The minimum absolute atomic E-state index is 0.220. The normalized spacial score (nSPS) is 10.7. The van der Waals surface area contributed by atoms with Gasteiger partial charge in [-0.1, -0.05) is 0 Å². The lowest BCUT2D eigenvalue weighted by Crippen LogP contribution is -2.14. The molecule has 1 rings (SSSR count). The molecule has 1 aromatic rings. The quantitative estimate of drug-likeness (QED) is 0.593. The number of primary amides is 1. The molecule has 0 saturated carbocycles. The highest BCUT2D eigenvalue weighted by Crippen LogP contribution is 2.09.